The van der Waals surface area contributed by atoms with Crippen LogP contribution in [0.1, 0.15) is 31.9 Å². The molecule has 2 heterocycles. The molecule has 1 aliphatic heterocycles. The van der Waals surface area contributed by atoms with E-state index in [-0.39, 0.29) is 17.4 Å². The molecule has 0 radical (unpaired) electrons. The number of ether oxygens (including phenoxy) is 1. The highest BCUT2D eigenvalue weighted by Crippen LogP contribution is 2.40. The zero-order valence-corrected chi connectivity index (χ0v) is 16.8. The van der Waals surface area contributed by atoms with Crippen LogP contribution in [0.5, 0.6) is 5.75 Å². The molecular weight excluding hydrogens is 366 g/mol. The number of fused-ring (bicyclic) bond motifs is 2. The second kappa shape index (κ2) is 7.28. The van der Waals surface area contributed by atoms with Gasteiger partial charge < -0.3 is 20.4 Å². The number of nitrogens with one attached hydrogen (secondary N) is 3. The van der Waals surface area contributed by atoms with E-state index in [2.05, 4.69) is 15.6 Å². The lowest BCUT2D eigenvalue weighted by molar-refractivity contribution is -0.125. The maximum atomic E-state index is 13.1. The molecule has 2 aromatic carbocycles. The first kappa shape index (κ1) is 19.1. The number of anilines is 1. The van der Waals surface area contributed by atoms with Crippen LogP contribution >= 0.6 is 0 Å². The molecule has 0 spiro atoms. The summed E-state index contributed by atoms with van der Waals surface area (Å²) in [6, 6.07) is 13.0. The average molecular weight is 391 g/mol. The molecule has 3 N–H and O–H groups in total. The molecule has 6 nitrogen and oxygen atoms in total. The Morgan fingerprint density at radius 1 is 1.17 bits per heavy atom. The Balaban J connectivity index is 1.58. The van der Waals surface area contributed by atoms with Gasteiger partial charge in [-0.25, -0.2) is 0 Å². The van der Waals surface area contributed by atoms with E-state index in [1.54, 1.807) is 0 Å². The van der Waals surface area contributed by atoms with E-state index in [1.807, 2.05) is 62.5 Å². The first-order valence-electron chi connectivity index (χ1n) is 9.76. The van der Waals surface area contributed by atoms with Crippen LogP contribution in [-0.4, -0.2) is 28.4 Å². The van der Waals surface area contributed by atoms with Gasteiger partial charge >= 0.3 is 0 Å². The molecule has 1 aromatic heterocycles. The van der Waals surface area contributed by atoms with E-state index in [0.717, 1.165) is 28.5 Å². The lowest BCUT2D eigenvalue weighted by Gasteiger charge is -2.20. The molecular formula is C23H25N3O3. The minimum atomic E-state index is -0.697. The number of carbonyl (C=O) groups is 2. The first-order chi connectivity index (χ1) is 13.8. The van der Waals surface area contributed by atoms with Crippen molar-refractivity contribution in [1.82, 2.24) is 10.3 Å². The molecule has 150 valence electrons. The summed E-state index contributed by atoms with van der Waals surface area (Å²) in [7, 11) is 0. The number of aromatic nitrogens is 1. The van der Waals surface area contributed by atoms with Crippen molar-refractivity contribution in [1.29, 1.82) is 0 Å². The van der Waals surface area contributed by atoms with E-state index in [9.17, 15) is 9.59 Å². The molecule has 3 aromatic rings. The zero-order valence-electron chi connectivity index (χ0n) is 16.8. The molecule has 0 saturated heterocycles. The Hall–Kier alpha value is -3.28. The van der Waals surface area contributed by atoms with Crippen molar-refractivity contribution in [2.75, 3.05) is 5.32 Å². The van der Waals surface area contributed by atoms with Gasteiger partial charge in [-0.05, 0) is 31.5 Å². The van der Waals surface area contributed by atoms with Crippen molar-refractivity contribution in [3.8, 4) is 5.75 Å². The molecule has 0 fully saturated rings. The van der Waals surface area contributed by atoms with Crippen LogP contribution < -0.4 is 15.4 Å². The number of aromatic amines is 1. The highest BCUT2D eigenvalue weighted by molar-refractivity contribution is 5.99. The Labute approximate surface area is 169 Å². The Kier molecular flexibility index (Phi) is 4.78. The minimum Gasteiger partial charge on any atom is -0.485 e. The molecule has 4 rings (SSSR count). The quantitative estimate of drug-likeness (QED) is 0.622. The molecule has 0 aliphatic carbocycles. The summed E-state index contributed by atoms with van der Waals surface area (Å²) in [5, 5.41) is 6.78. The molecule has 1 atom stereocenters. The molecule has 0 unspecified atom stereocenters. The number of para-hydroxylation sites is 2. The number of benzene rings is 2. The van der Waals surface area contributed by atoms with Crippen LogP contribution in [-0.2, 0) is 22.4 Å². The maximum Gasteiger partial charge on any atom is 0.247 e. The SMILES string of the molecule is CC(=O)N[C@H](Cc1c[nH]c2ccccc12)C(=O)Nc1cccc2c1OC(C)(C)C2. The van der Waals surface area contributed by atoms with Crippen LogP contribution in [0.25, 0.3) is 10.9 Å². The van der Waals surface area contributed by atoms with Gasteiger partial charge in [-0.3, -0.25) is 9.59 Å². The van der Waals surface area contributed by atoms with Crippen molar-refractivity contribution in [3.05, 3.63) is 59.8 Å². The Bertz CT molecular complexity index is 1080. The molecule has 2 amide bonds. The summed E-state index contributed by atoms with van der Waals surface area (Å²) in [4.78, 5) is 28.0. The van der Waals surface area contributed by atoms with Gasteiger partial charge in [0, 0.05) is 42.4 Å². The number of hydrogen-bond donors (Lipinski definition) is 3. The number of H-pyrrole nitrogens is 1. The standard InChI is InChI=1S/C23H25N3O3/c1-14(27)25-20(11-16-13-24-18-9-5-4-8-17(16)18)22(28)26-19-10-6-7-15-12-23(2,3)29-21(15)19/h4-10,13,20,24H,11-12H2,1-3H3,(H,25,27)(H,26,28)/t20-/m1/s1. The van der Waals surface area contributed by atoms with Crippen LogP contribution in [0.4, 0.5) is 5.69 Å². The van der Waals surface area contributed by atoms with Gasteiger partial charge in [0.05, 0.1) is 5.69 Å². The second-order valence-electron chi connectivity index (χ2n) is 8.14. The topological polar surface area (TPSA) is 83.2 Å². The summed E-state index contributed by atoms with van der Waals surface area (Å²) >= 11 is 0. The Morgan fingerprint density at radius 2 is 1.97 bits per heavy atom. The third-order valence-electron chi connectivity index (χ3n) is 5.14. The summed E-state index contributed by atoms with van der Waals surface area (Å²) < 4.78 is 6.04. The summed E-state index contributed by atoms with van der Waals surface area (Å²) in [6.45, 7) is 5.47. The number of carbonyl (C=O) groups excluding carboxylic acids is 2. The summed E-state index contributed by atoms with van der Waals surface area (Å²) in [5.41, 5.74) is 3.38. The first-order valence-corrected chi connectivity index (χ1v) is 9.76. The van der Waals surface area contributed by atoms with Crippen LogP contribution in [0.15, 0.2) is 48.7 Å². The van der Waals surface area contributed by atoms with Crippen LogP contribution in [0.2, 0.25) is 0 Å². The van der Waals surface area contributed by atoms with Gasteiger partial charge in [0.15, 0.2) is 0 Å². The van der Waals surface area contributed by atoms with Gasteiger partial charge in [0.2, 0.25) is 11.8 Å². The molecule has 6 heteroatoms. The monoisotopic (exact) mass is 391 g/mol. The zero-order chi connectivity index (χ0) is 20.6. The van der Waals surface area contributed by atoms with Gasteiger partial charge in [-0.2, -0.15) is 0 Å². The minimum absolute atomic E-state index is 0.249. The number of amides is 2. The fraction of sp³-hybridized carbons (Fsp3) is 0.304. The van der Waals surface area contributed by atoms with E-state index in [4.69, 9.17) is 4.74 Å². The van der Waals surface area contributed by atoms with Gasteiger partial charge in [0.1, 0.15) is 17.4 Å². The van der Waals surface area contributed by atoms with Gasteiger partial charge in [-0.1, -0.05) is 30.3 Å². The normalized spacial score (nSPS) is 15.4. The second-order valence-corrected chi connectivity index (χ2v) is 8.14. The number of hydrogen-bond acceptors (Lipinski definition) is 3. The van der Waals surface area contributed by atoms with Crippen molar-refractivity contribution in [2.45, 2.75) is 45.3 Å². The van der Waals surface area contributed by atoms with E-state index >= 15 is 0 Å². The predicted molar refractivity (Wildman–Crippen MR) is 113 cm³/mol. The highest BCUT2D eigenvalue weighted by atomic mass is 16.5. The fourth-order valence-electron chi connectivity index (χ4n) is 3.91. The predicted octanol–water partition coefficient (Wildman–Crippen LogP) is 3.57. The third kappa shape index (κ3) is 3.97. The fourth-order valence-corrected chi connectivity index (χ4v) is 3.91. The molecule has 1 aliphatic rings. The van der Waals surface area contributed by atoms with Crippen LogP contribution in [0, 0.1) is 0 Å². The summed E-state index contributed by atoms with van der Waals surface area (Å²) in [6.07, 6.45) is 3.06. The van der Waals surface area contributed by atoms with Gasteiger partial charge in [0.25, 0.3) is 0 Å². The number of rotatable bonds is 5. The Morgan fingerprint density at radius 3 is 2.76 bits per heavy atom. The van der Waals surface area contributed by atoms with E-state index in [1.165, 1.54) is 6.92 Å². The van der Waals surface area contributed by atoms with Crippen molar-refractivity contribution >= 4 is 28.4 Å². The van der Waals surface area contributed by atoms with Crippen molar-refractivity contribution in [2.24, 2.45) is 0 Å². The molecule has 0 saturated carbocycles. The van der Waals surface area contributed by atoms with E-state index < -0.39 is 6.04 Å². The lowest BCUT2D eigenvalue weighted by Crippen LogP contribution is -2.44. The van der Waals surface area contributed by atoms with Crippen molar-refractivity contribution < 1.29 is 14.3 Å². The van der Waals surface area contributed by atoms with Gasteiger partial charge in [-0.15, -0.1) is 0 Å². The lowest BCUT2D eigenvalue weighted by atomic mass is 10.0. The smallest absolute Gasteiger partial charge is 0.247 e. The third-order valence-corrected chi connectivity index (χ3v) is 5.14. The van der Waals surface area contributed by atoms with E-state index in [0.29, 0.717) is 17.9 Å². The summed E-state index contributed by atoms with van der Waals surface area (Å²) in [5.74, 6) is 0.187. The maximum absolute atomic E-state index is 13.1. The highest BCUT2D eigenvalue weighted by Gasteiger charge is 2.32. The van der Waals surface area contributed by atoms with Crippen molar-refractivity contribution in [3.63, 3.8) is 0 Å². The molecule has 29 heavy (non-hydrogen) atoms. The largest absolute Gasteiger partial charge is 0.485 e. The van der Waals surface area contributed by atoms with Crippen LogP contribution in [0.3, 0.4) is 0 Å². The average Bonchev–Trinajstić information content (AvgIpc) is 3.21. The molecule has 0 bridgehead atoms.